The number of carbonyl (C=O) groups excluding carboxylic acids is 1. The van der Waals surface area contributed by atoms with Crippen molar-refractivity contribution in [3.63, 3.8) is 0 Å². The van der Waals surface area contributed by atoms with E-state index in [1.807, 2.05) is 6.92 Å². The second-order valence-electron chi connectivity index (χ2n) is 6.24. The Morgan fingerprint density at radius 1 is 1.24 bits per heavy atom. The van der Waals surface area contributed by atoms with Gasteiger partial charge in [0.1, 0.15) is 0 Å². The molecule has 3 N–H and O–H groups in total. The number of carbonyl (C=O) groups is 2. The molecule has 2 fully saturated rings. The SMILES string of the molecule is CCC1(C(=O)O)CCN(C(=O)NCCCNC2CC2)CC1. The number of rotatable bonds is 7. The summed E-state index contributed by atoms with van der Waals surface area (Å²) in [5.41, 5.74) is -0.634. The van der Waals surface area contributed by atoms with Gasteiger partial charge in [-0.15, -0.1) is 0 Å². The Kier molecular flexibility index (Phi) is 5.45. The van der Waals surface area contributed by atoms with Gasteiger partial charge in [0.2, 0.25) is 0 Å². The predicted octanol–water partition coefficient (Wildman–Crippen LogP) is 1.41. The van der Waals surface area contributed by atoms with Gasteiger partial charge in [0.25, 0.3) is 0 Å². The van der Waals surface area contributed by atoms with Crippen LogP contribution in [0.3, 0.4) is 0 Å². The lowest BCUT2D eigenvalue weighted by Gasteiger charge is -2.38. The summed E-state index contributed by atoms with van der Waals surface area (Å²) in [5, 5.41) is 15.7. The minimum absolute atomic E-state index is 0.0588. The van der Waals surface area contributed by atoms with Crippen molar-refractivity contribution >= 4 is 12.0 Å². The fraction of sp³-hybridized carbons (Fsp3) is 0.867. The second-order valence-corrected chi connectivity index (χ2v) is 6.24. The van der Waals surface area contributed by atoms with Crippen LogP contribution in [0.1, 0.15) is 45.4 Å². The van der Waals surface area contributed by atoms with Crippen molar-refractivity contribution < 1.29 is 14.7 Å². The third kappa shape index (κ3) is 4.33. The van der Waals surface area contributed by atoms with E-state index in [1.165, 1.54) is 12.8 Å². The zero-order valence-electron chi connectivity index (χ0n) is 12.9. The Morgan fingerprint density at radius 2 is 1.90 bits per heavy atom. The number of aliphatic carboxylic acids is 1. The smallest absolute Gasteiger partial charge is 0.317 e. The van der Waals surface area contributed by atoms with Crippen molar-refractivity contribution in [1.29, 1.82) is 0 Å². The summed E-state index contributed by atoms with van der Waals surface area (Å²) in [6.45, 7) is 4.60. The van der Waals surface area contributed by atoms with Crippen LogP contribution in [0.5, 0.6) is 0 Å². The van der Waals surface area contributed by atoms with Crippen LogP contribution in [0.2, 0.25) is 0 Å². The minimum atomic E-state index is -0.726. The van der Waals surface area contributed by atoms with Crippen LogP contribution >= 0.6 is 0 Å². The third-order valence-electron chi connectivity index (χ3n) is 4.78. The van der Waals surface area contributed by atoms with Crippen molar-refractivity contribution in [1.82, 2.24) is 15.5 Å². The molecule has 0 radical (unpaired) electrons. The van der Waals surface area contributed by atoms with Crippen LogP contribution in [-0.2, 0) is 4.79 Å². The van der Waals surface area contributed by atoms with E-state index in [-0.39, 0.29) is 6.03 Å². The Morgan fingerprint density at radius 3 is 2.43 bits per heavy atom. The number of piperidine rings is 1. The lowest BCUT2D eigenvalue weighted by atomic mass is 9.76. The van der Waals surface area contributed by atoms with E-state index in [9.17, 15) is 14.7 Å². The molecule has 0 aromatic rings. The minimum Gasteiger partial charge on any atom is -0.481 e. The summed E-state index contributed by atoms with van der Waals surface area (Å²) >= 11 is 0. The fourth-order valence-electron chi connectivity index (χ4n) is 2.85. The maximum atomic E-state index is 12.0. The number of hydrogen-bond donors (Lipinski definition) is 3. The first-order chi connectivity index (χ1) is 10.1. The highest BCUT2D eigenvalue weighted by Crippen LogP contribution is 2.35. The van der Waals surface area contributed by atoms with Crippen LogP contribution in [0, 0.1) is 5.41 Å². The molecule has 6 nitrogen and oxygen atoms in total. The van der Waals surface area contributed by atoms with E-state index in [0.29, 0.717) is 44.9 Å². The highest BCUT2D eigenvalue weighted by molar-refractivity contribution is 5.77. The molecule has 1 saturated heterocycles. The molecule has 2 rings (SSSR count). The molecule has 0 unspecified atom stereocenters. The number of likely N-dealkylation sites (tertiary alicyclic amines) is 1. The number of nitrogens with one attached hydrogen (secondary N) is 2. The molecule has 1 aliphatic heterocycles. The highest BCUT2D eigenvalue weighted by atomic mass is 16.4. The van der Waals surface area contributed by atoms with Crippen LogP contribution in [0.4, 0.5) is 4.79 Å². The number of carboxylic acid groups (broad SMARTS) is 1. The Hall–Kier alpha value is -1.30. The molecule has 0 bridgehead atoms. The number of hydrogen-bond acceptors (Lipinski definition) is 3. The Balaban J connectivity index is 1.63. The molecule has 1 saturated carbocycles. The van der Waals surface area contributed by atoms with Gasteiger partial charge in [0, 0.05) is 25.7 Å². The average molecular weight is 297 g/mol. The first-order valence-electron chi connectivity index (χ1n) is 8.07. The lowest BCUT2D eigenvalue weighted by Crippen LogP contribution is -2.49. The molecular weight excluding hydrogens is 270 g/mol. The molecule has 0 spiro atoms. The van der Waals surface area contributed by atoms with Gasteiger partial charge in [-0.1, -0.05) is 6.92 Å². The van der Waals surface area contributed by atoms with E-state index in [2.05, 4.69) is 10.6 Å². The molecule has 21 heavy (non-hydrogen) atoms. The number of carboxylic acids is 1. The molecule has 1 aliphatic carbocycles. The number of nitrogens with zero attached hydrogens (tertiary/aromatic N) is 1. The van der Waals surface area contributed by atoms with Gasteiger partial charge in [0.05, 0.1) is 5.41 Å². The first-order valence-corrected chi connectivity index (χ1v) is 8.07. The predicted molar refractivity (Wildman–Crippen MR) is 80.2 cm³/mol. The molecule has 0 atom stereocenters. The molecule has 1 heterocycles. The summed E-state index contributed by atoms with van der Waals surface area (Å²) in [7, 11) is 0. The molecule has 2 amide bonds. The maximum Gasteiger partial charge on any atom is 0.317 e. The van der Waals surface area contributed by atoms with Gasteiger partial charge in [-0.05, 0) is 45.1 Å². The summed E-state index contributed by atoms with van der Waals surface area (Å²) in [6.07, 6.45) is 5.23. The normalized spacial score (nSPS) is 21.1. The zero-order valence-corrected chi connectivity index (χ0v) is 12.9. The molecule has 0 aromatic heterocycles. The number of urea groups is 1. The van der Waals surface area contributed by atoms with Gasteiger partial charge in [0.15, 0.2) is 0 Å². The monoisotopic (exact) mass is 297 g/mol. The zero-order chi connectivity index (χ0) is 15.3. The second kappa shape index (κ2) is 7.11. The van der Waals surface area contributed by atoms with Crippen molar-refractivity contribution in [3.8, 4) is 0 Å². The quantitative estimate of drug-likeness (QED) is 0.621. The van der Waals surface area contributed by atoms with Crippen LogP contribution in [-0.4, -0.2) is 54.2 Å². The lowest BCUT2D eigenvalue weighted by molar-refractivity contribution is -0.151. The summed E-state index contributed by atoms with van der Waals surface area (Å²) in [4.78, 5) is 25.1. The van der Waals surface area contributed by atoms with Crippen molar-refractivity contribution in [2.45, 2.75) is 51.5 Å². The standard InChI is InChI=1S/C15H27N3O3/c1-2-15(13(19)20)6-10-18(11-7-15)14(21)17-9-3-8-16-12-4-5-12/h12,16H,2-11H2,1H3,(H,17,21)(H,19,20). The van der Waals surface area contributed by atoms with Gasteiger partial charge in [-0.2, -0.15) is 0 Å². The van der Waals surface area contributed by atoms with E-state index < -0.39 is 11.4 Å². The largest absolute Gasteiger partial charge is 0.481 e. The first kappa shape index (κ1) is 16.1. The molecular formula is C15H27N3O3. The van der Waals surface area contributed by atoms with Gasteiger partial charge < -0.3 is 20.6 Å². The Bertz CT molecular complexity index is 374. The third-order valence-corrected chi connectivity index (χ3v) is 4.78. The van der Waals surface area contributed by atoms with Crippen LogP contribution < -0.4 is 10.6 Å². The summed E-state index contributed by atoms with van der Waals surface area (Å²) in [5.74, 6) is -0.726. The summed E-state index contributed by atoms with van der Waals surface area (Å²) in [6, 6.07) is 0.650. The molecule has 6 heteroatoms. The summed E-state index contributed by atoms with van der Waals surface area (Å²) < 4.78 is 0. The van der Waals surface area contributed by atoms with E-state index in [1.54, 1.807) is 4.90 Å². The molecule has 0 aromatic carbocycles. The van der Waals surface area contributed by atoms with Crippen LogP contribution in [0.25, 0.3) is 0 Å². The maximum absolute atomic E-state index is 12.0. The van der Waals surface area contributed by atoms with E-state index in [0.717, 1.165) is 13.0 Å². The van der Waals surface area contributed by atoms with Gasteiger partial charge >= 0.3 is 12.0 Å². The van der Waals surface area contributed by atoms with Crippen LogP contribution in [0.15, 0.2) is 0 Å². The van der Waals surface area contributed by atoms with Gasteiger partial charge in [-0.25, -0.2) is 4.79 Å². The average Bonchev–Trinajstić information content (AvgIpc) is 3.30. The number of amides is 2. The van der Waals surface area contributed by atoms with Crippen molar-refractivity contribution in [3.05, 3.63) is 0 Å². The molecule has 2 aliphatic rings. The fourth-order valence-corrected chi connectivity index (χ4v) is 2.85. The Labute approximate surface area is 126 Å². The molecule has 120 valence electrons. The topological polar surface area (TPSA) is 81.7 Å². The van der Waals surface area contributed by atoms with E-state index >= 15 is 0 Å². The van der Waals surface area contributed by atoms with E-state index in [4.69, 9.17) is 0 Å². The van der Waals surface area contributed by atoms with Gasteiger partial charge in [-0.3, -0.25) is 4.79 Å². The van der Waals surface area contributed by atoms with Crippen molar-refractivity contribution in [2.24, 2.45) is 5.41 Å². The highest BCUT2D eigenvalue weighted by Gasteiger charge is 2.40. The van der Waals surface area contributed by atoms with Crippen molar-refractivity contribution in [2.75, 3.05) is 26.2 Å².